The van der Waals surface area contributed by atoms with E-state index in [0.29, 0.717) is 24.2 Å². The molecule has 1 atom stereocenters. The third-order valence-corrected chi connectivity index (χ3v) is 6.50. The van der Waals surface area contributed by atoms with Crippen LogP contribution >= 0.6 is 0 Å². The fraction of sp³-hybridized carbons (Fsp3) is 0.632. The van der Waals surface area contributed by atoms with Gasteiger partial charge >= 0.3 is 0 Å². The zero-order valence-electron chi connectivity index (χ0n) is 15.9. The highest BCUT2D eigenvalue weighted by Gasteiger charge is 2.33. The van der Waals surface area contributed by atoms with Crippen molar-refractivity contribution in [2.45, 2.75) is 64.8 Å². The van der Waals surface area contributed by atoms with Crippen LogP contribution in [0.25, 0.3) is 0 Å². The van der Waals surface area contributed by atoms with Crippen LogP contribution in [0.15, 0.2) is 17.0 Å². The molecule has 0 aromatic heterocycles. The van der Waals surface area contributed by atoms with Gasteiger partial charge in [0.1, 0.15) is 6.04 Å². The molecule has 1 aliphatic heterocycles. The SMILES string of the molecule is Cc1cc(C)c(S(=O)(=O)N[C@H](C(=O)N2CCCCC2)C(C)C)c(C)c1. The second-order valence-corrected chi connectivity index (χ2v) is 9.11. The lowest BCUT2D eigenvalue weighted by Crippen LogP contribution is -2.52. The molecule has 1 fully saturated rings. The van der Waals surface area contributed by atoms with Crippen LogP contribution in [-0.2, 0) is 14.8 Å². The molecular weight excluding hydrogens is 336 g/mol. The summed E-state index contributed by atoms with van der Waals surface area (Å²) in [5.41, 5.74) is 2.44. The lowest BCUT2D eigenvalue weighted by molar-refractivity contribution is -0.134. The first-order chi connectivity index (χ1) is 11.6. The number of amides is 1. The number of nitrogens with zero attached hydrogens (tertiary/aromatic N) is 1. The molecule has 1 heterocycles. The minimum absolute atomic E-state index is 0.110. The summed E-state index contributed by atoms with van der Waals surface area (Å²) >= 11 is 0. The lowest BCUT2D eigenvalue weighted by atomic mass is 10.0. The Morgan fingerprint density at radius 1 is 1.04 bits per heavy atom. The predicted octanol–water partition coefficient (Wildman–Crippen LogP) is 2.93. The number of piperidine rings is 1. The lowest BCUT2D eigenvalue weighted by Gasteiger charge is -2.32. The minimum atomic E-state index is -3.76. The molecule has 1 saturated heterocycles. The van der Waals surface area contributed by atoms with Crippen molar-refractivity contribution in [3.63, 3.8) is 0 Å². The highest BCUT2D eigenvalue weighted by molar-refractivity contribution is 7.89. The van der Waals surface area contributed by atoms with E-state index in [1.165, 1.54) is 0 Å². The van der Waals surface area contributed by atoms with Gasteiger partial charge < -0.3 is 4.90 Å². The number of hydrogen-bond donors (Lipinski definition) is 1. The molecule has 6 heteroatoms. The Hall–Kier alpha value is -1.40. The van der Waals surface area contributed by atoms with E-state index in [4.69, 9.17) is 0 Å². The Morgan fingerprint density at radius 3 is 2.04 bits per heavy atom. The van der Waals surface area contributed by atoms with Gasteiger partial charge in [-0.05, 0) is 57.1 Å². The maximum Gasteiger partial charge on any atom is 0.241 e. The summed E-state index contributed by atoms with van der Waals surface area (Å²) in [5.74, 6) is -0.226. The Balaban J connectivity index is 2.31. The highest BCUT2D eigenvalue weighted by atomic mass is 32.2. The Labute approximate surface area is 151 Å². The summed E-state index contributed by atoms with van der Waals surface area (Å²) in [6, 6.07) is 2.99. The molecule has 25 heavy (non-hydrogen) atoms. The number of benzene rings is 1. The molecule has 0 bridgehead atoms. The molecule has 2 rings (SSSR count). The first kappa shape index (κ1) is 19.9. The van der Waals surface area contributed by atoms with E-state index in [1.54, 1.807) is 18.7 Å². The monoisotopic (exact) mass is 366 g/mol. The molecule has 0 saturated carbocycles. The van der Waals surface area contributed by atoms with Crippen molar-refractivity contribution in [3.05, 3.63) is 28.8 Å². The number of sulfonamides is 1. The van der Waals surface area contributed by atoms with Crippen LogP contribution in [0.2, 0.25) is 0 Å². The third kappa shape index (κ3) is 4.61. The van der Waals surface area contributed by atoms with Crippen LogP contribution in [0.3, 0.4) is 0 Å². The highest BCUT2D eigenvalue weighted by Crippen LogP contribution is 2.23. The van der Waals surface area contributed by atoms with Gasteiger partial charge in [-0.25, -0.2) is 8.42 Å². The Kier molecular flexibility index (Phi) is 6.27. The van der Waals surface area contributed by atoms with Gasteiger partial charge in [0.25, 0.3) is 0 Å². The quantitative estimate of drug-likeness (QED) is 0.871. The average molecular weight is 367 g/mol. The summed E-state index contributed by atoms with van der Waals surface area (Å²) in [5, 5.41) is 0. The molecule has 1 aromatic carbocycles. The molecule has 0 spiro atoms. The van der Waals surface area contributed by atoms with E-state index < -0.39 is 16.1 Å². The van der Waals surface area contributed by atoms with Crippen LogP contribution in [0.4, 0.5) is 0 Å². The van der Waals surface area contributed by atoms with E-state index in [1.807, 2.05) is 32.9 Å². The number of hydrogen-bond acceptors (Lipinski definition) is 3. The van der Waals surface area contributed by atoms with Crippen molar-refractivity contribution >= 4 is 15.9 Å². The second kappa shape index (κ2) is 7.87. The number of likely N-dealkylation sites (tertiary alicyclic amines) is 1. The minimum Gasteiger partial charge on any atom is -0.341 e. The Bertz CT molecular complexity index is 712. The molecule has 1 aliphatic rings. The van der Waals surface area contributed by atoms with Crippen molar-refractivity contribution in [2.24, 2.45) is 5.92 Å². The van der Waals surface area contributed by atoms with E-state index in [0.717, 1.165) is 24.8 Å². The molecule has 140 valence electrons. The largest absolute Gasteiger partial charge is 0.341 e. The molecule has 5 nitrogen and oxygen atoms in total. The van der Waals surface area contributed by atoms with Gasteiger partial charge in [0, 0.05) is 13.1 Å². The number of rotatable bonds is 5. The molecule has 1 N–H and O–H groups in total. The summed E-state index contributed by atoms with van der Waals surface area (Å²) in [6.45, 7) is 10.7. The van der Waals surface area contributed by atoms with Crippen LogP contribution in [0, 0.1) is 26.7 Å². The van der Waals surface area contributed by atoms with Gasteiger partial charge in [-0.3, -0.25) is 4.79 Å². The van der Waals surface area contributed by atoms with Gasteiger partial charge in [0.15, 0.2) is 0 Å². The van der Waals surface area contributed by atoms with Crippen LogP contribution < -0.4 is 4.72 Å². The maximum atomic E-state index is 13.0. The number of aryl methyl sites for hydroxylation is 3. The first-order valence-corrected chi connectivity index (χ1v) is 10.5. The maximum absolute atomic E-state index is 13.0. The van der Waals surface area contributed by atoms with Crippen molar-refractivity contribution in [3.8, 4) is 0 Å². The smallest absolute Gasteiger partial charge is 0.241 e. The van der Waals surface area contributed by atoms with Gasteiger partial charge in [-0.2, -0.15) is 4.72 Å². The van der Waals surface area contributed by atoms with Crippen LogP contribution in [0.5, 0.6) is 0 Å². The molecule has 1 amide bonds. The third-order valence-electron chi connectivity index (χ3n) is 4.76. The van der Waals surface area contributed by atoms with Crippen molar-refractivity contribution < 1.29 is 13.2 Å². The van der Waals surface area contributed by atoms with Gasteiger partial charge in [-0.15, -0.1) is 0 Å². The Morgan fingerprint density at radius 2 is 1.56 bits per heavy atom. The van der Waals surface area contributed by atoms with E-state index in [9.17, 15) is 13.2 Å². The van der Waals surface area contributed by atoms with E-state index in [2.05, 4.69) is 4.72 Å². The molecule has 1 aromatic rings. The standard InChI is InChI=1S/C19H30N2O3S/c1-13(2)17(19(22)21-9-7-6-8-10-21)20-25(23,24)18-15(4)11-14(3)12-16(18)5/h11-13,17,20H,6-10H2,1-5H3/t17-/m0/s1. The summed E-state index contributed by atoms with van der Waals surface area (Å²) in [7, 11) is -3.76. The molecule has 0 unspecified atom stereocenters. The van der Waals surface area contributed by atoms with E-state index >= 15 is 0 Å². The topological polar surface area (TPSA) is 66.5 Å². The summed E-state index contributed by atoms with van der Waals surface area (Å²) in [4.78, 5) is 15.0. The van der Waals surface area contributed by atoms with Gasteiger partial charge in [0.2, 0.25) is 15.9 Å². The normalized spacial score (nSPS) is 17.0. The number of carbonyl (C=O) groups is 1. The fourth-order valence-electron chi connectivity index (χ4n) is 3.60. The molecule has 0 radical (unpaired) electrons. The number of nitrogens with one attached hydrogen (secondary N) is 1. The summed E-state index contributed by atoms with van der Waals surface area (Å²) < 4.78 is 28.7. The van der Waals surface area contributed by atoms with Crippen molar-refractivity contribution in [1.29, 1.82) is 0 Å². The van der Waals surface area contributed by atoms with Gasteiger partial charge in [-0.1, -0.05) is 31.5 Å². The zero-order chi connectivity index (χ0) is 18.8. The van der Waals surface area contributed by atoms with E-state index in [-0.39, 0.29) is 16.7 Å². The van der Waals surface area contributed by atoms with Crippen molar-refractivity contribution in [1.82, 2.24) is 9.62 Å². The fourth-order valence-corrected chi connectivity index (χ4v) is 5.39. The van der Waals surface area contributed by atoms with Crippen molar-refractivity contribution in [2.75, 3.05) is 13.1 Å². The van der Waals surface area contributed by atoms with Gasteiger partial charge in [0.05, 0.1) is 4.90 Å². The molecular formula is C19H30N2O3S. The zero-order valence-corrected chi connectivity index (χ0v) is 16.7. The average Bonchev–Trinajstić information content (AvgIpc) is 2.51. The number of carbonyl (C=O) groups excluding carboxylic acids is 1. The van der Waals surface area contributed by atoms with Crippen LogP contribution in [0.1, 0.15) is 49.8 Å². The molecule has 0 aliphatic carbocycles. The second-order valence-electron chi connectivity index (χ2n) is 7.46. The predicted molar refractivity (Wildman–Crippen MR) is 100 cm³/mol. The summed E-state index contributed by atoms with van der Waals surface area (Å²) in [6.07, 6.45) is 3.10. The first-order valence-electron chi connectivity index (χ1n) is 9.02. The van der Waals surface area contributed by atoms with Crippen LogP contribution in [-0.4, -0.2) is 38.4 Å².